The highest BCUT2D eigenvalue weighted by Gasteiger charge is 2.18. The Bertz CT molecular complexity index is 1190. The summed E-state index contributed by atoms with van der Waals surface area (Å²) < 4.78 is 33.4. The highest BCUT2D eigenvalue weighted by atomic mass is 32.2. The zero-order chi connectivity index (χ0) is 23.0. The van der Waals surface area contributed by atoms with Crippen molar-refractivity contribution in [3.63, 3.8) is 0 Å². The molecule has 8 heteroatoms. The Morgan fingerprint density at radius 3 is 2.28 bits per heavy atom. The molecule has 0 bridgehead atoms. The summed E-state index contributed by atoms with van der Waals surface area (Å²) in [5, 5.41) is 11.4. The van der Waals surface area contributed by atoms with Gasteiger partial charge in [-0.25, -0.2) is 13.1 Å². The zero-order valence-corrected chi connectivity index (χ0v) is 18.3. The Kier molecular flexibility index (Phi) is 7.60. The fourth-order valence-corrected chi connectivity index (χ4v) is 4.20. The minimum absolute atomic E-state index is 0.106. The van der Waals surface area contributed by atoms with Gasteiger partial charge in [-0.2, -0.15) is 5.26 Å². The van der Waals surface area contributed by atoms with Gasteiger partial charge in [0.1, 0.15) is 5.75 Å². The van der Waals surface area contributed by atoms with Crippen molar-refractivity contribution in [2.75, 3.05) is 11.9 Å². The van der Waals surface area contributed by atoms with Gasteiger partial charge in [0.15, 0.2) is 6.61 Å². The van der Waals surface area contributed by atoms with Crippen LogP contribution in [0, 0.1) is 11.3 Å². The van der Waals surface area contributed by atoms with Crippen LogP contribution in [0.5, 0.6) is 5.75 Å². The van der Waals surface area contributed by atoms with Crippen molar-refractivity contribution < 1.29 is 17.9 Å². The van der Waals surface area contributed by atoms with Gasteiger partial charge < -0.3 is 10.1 Å². The van der Waals surface area contributed by atoms with Gasteiger partial charge in [-0.15, -0.1) is 0 Å². The lowest BCUT2D eigenvalue weighted by molar-refractivity contribution is -0.118. The number of amides is 1. The van der Waals surface area contributed by atoms with Crippen molar-refractivity contribution in [1.82, 2.24) is 4.72 Å². The summed E-state index contributed by atoms with van der Waals surface area (Å²) in [5.74, 6) is 0.0210. The second-order valence-corrected chi connectivity index (χ2v) is 8.81. The van der Waals surface area contributed by atoms with Gasteiger partial charge in [0.25, 0.3) is 5.91 Å². The molecule has 0 saturated carbocycles. The van der Waals surface area contributed by atoms with Gasteiger partial charge >= 0.3 is 0 Å². The Morgan fingerprint density at radius 1 is 1.00 bits per heavy atom. The van der Waals surface area contributed by atoms with Crippen LogP contribution in [0.25, 0.3) is 0 Å². The van der Waals surface area contributed by atoms with Gasteiger partial charge in [0.05, 0.1) is 17.4 Å². The van der Waals surface area contributed by atoms with E-state index in [0.717, 1.165) is 11.1 Å². The number of anilines is 1. The molecule has 7 nitrogen and oxygen atoms in total. The van der Waals surface area contributed by atoms with E-state index in [1.165, 1.54) is 24.3 Å². The molecule has 32 heavy (non-hydrogen) atoms. The normalized spacial score (nSPS) is 11.9. The van der Waals surface area contributed by atoms with E-state index in [-0.39, 0.29) is 23.5 Å². The number of hydrogen-bond donors (Lipinski definition) is 2. The molecule has 2 N–H and O–H groups in total. The predicted molar refractivity (Wildman–Crippen MR) is 122 cm³/mol. The van der Waals surface area contributed by atoms with E-state index < -0.39 is 10.0 Å². The first kappa shape index (κ1) is 23.0. The number of ether oxygens (including phenoxy) is 1. The van der Waals surface area contributed by atoms with Gasteiger partial charge in [0.2, 0.25) is 10.0 Å². The third kappa shape index (κ3) is 6.41. The molecule has 0 aliphatic rings. The van der Waals surface area contributed by atoms with E-state index in [9.17, 15) is 13.2 Å². The topological polar surface area (TPSA) is 108 Å². The summed E-state index contributed by atoms with van der Waals surface area (Å²) in [6, 6.07) is 23.8. The Morgan fingerprint density at radius 2 is 1.66 bits per heavy atom. The lowest BCUT2D eigenvalue weighted by atomic mass is 10.1. The Labute approximate surface area is 187 Å². The van der Waals surface area contributed by atoms with Crippen molar-refractivity contribution in [1.29, 1.82) is 5.26 Å². The number of benzene rings is 3. The molecule has 0 aliphatic carbocycles. The fraction of sp³-hybridized carbons (Fsp3) is 0.167. The number of nitriles is 1. The van der Waals surface area contributed by atoms with Crippen LogP contribution in [0.4, 0.5) is 5.69 Å². The first-order valence-electron chi connectivity index (χ1n) is 9.93. The van der Waals surface area contributed by atoms with E-state index in [1.807, 2.05) is 30.3 Å². The van der Waals surface area contributed by atoms with Crippen LogP contribution < -0.4 is 14.8 Å². The second kappa shape index (κ2) is 10.6. The maximum Gasteiger partial charge on any atom is 0.262 e. The highest BCUT2D eigenvalue weighted by molar-refractivity contribution is 7.89. The SMILES string of the molecule is CC(NS(=O)(=O)c1ccc(OCC(=O)Nc2ccc(CC#N)cc2)cc1)c1ccccc1. The largest absolute Gasteiger partial charge is 0.484 e. The molecule has 0 heterocycles. The number of nitrogens with zero attached hydrogens (tertiary/aromatic N) is 1. The molecule has 0 aromatic heterocycles. The molecule has 3 aromatic carbocycles. The Balaban J connectivity index is 1.53. The molecule has 0 radical (unpaired) electrons. The fourth-order valence-electron chi connectivity index (χ4n) is 2.97. The molecule has 0 saturated heterocycles. The van der Waals surface area contributed by atoms with Crippen LogP contribution in [-0.2, 0) is 21.2 Å². The van der Waals surface area contributed by atoms with Crippen LogP contribution in [0.3, 0.4) is 0 Å². The molecule has 3 aromatic rings. The number of sulfonamides is 1. The minimum atomic E-state index is -3.71. The molecular formula is C24H23N3O4S. The molecular weight excluding hydrogens is 426 g/mol. The molecule has 1 atom stereocenters. The van der Waals surface area contributed by atoms with E-state index in [2.05, 4.69) is 16.1 Å². The average molecular weight is 450 g/mol. The van der Waals surface area contributed by atoms with Crippen LogP contribution in [-0.4, -0.2) is 20.9 Å². The Hall–Kier alpha value is -3.67. The van der Waals surface area contributed by atoms with Crippen molar-refractivity contribution in [2.24, 2.45) is 0 Å². The van der Waals surface area contributed by atoms with Crippen LogP contribution in [0.15, 0.2) is 83.8 Å². The van der Waals surface area contributed by atoms with Crippen LogP contribution in [0.1, 0.15) is 24.1 Å². The van der Waals surface area contributed by atoms with Crippen LogP contribution >= 0.6 is 0 Å². The smallest absolute Gasteiger partial charge is 0.262 e. The standard InChI is InChI=1S/C24H23N3O4S/c1-18(20-5-3-2-4-6-20)27-32(29,30)23-13-11-22(12-14-23)31-17-24(28)26-21-9-7-19(8-10-21)15-16-25/h2-14,18,27H,15,17H2,1H3,(H,26,28). The van der Waals surface area contributed by atoms with Crippen molar-refractivity contribution >= 4 is 21.6 Å². The lowest BCUT2D eigenvalue weighted by Gasteiger charge is -2.15. The van der Waals surface area contributed by atoms with Crippen LogP contribution in [0.2, 0.25) is 0 Å². The maximum absolute atomic E-state index is 12.6. The predicted octanol–water partition coefficient (Wildman–Crippen LogP) is 3.81. The molecule has 0 fully saturated rings. The number of rotatable bonds is 9. The lowest BCUT2D eigenvalue weighted by Crippen LogP contribution is -2.26. The van der Waals surface area contributed by atoms with Gasteiger partial charge in [-0.1, -0.05) is 42.5 Å². The van der Waals surface area contributed by atoms with Crippen molar-refractivity contribution in [3.05, 3.63) is 90.0 Å². The van der Waals surface area contributed by atoms with E-state index in [1.54, 1.807) is 31.2 Å². The molecule has 1 unspecified atom stereocenters. The molecule has 0 aliphatic heterocycles. The molecule has 164 valence electrons. The maximum atomic E-state index is 12.6. The molecule has 0 spiro atoms. The highest BCUT2D eigenvalue weighted by Crippen LogP contribution is 2.19. The number of hydrogen-bond acceptors (Lipinski definition) is 5. The first-order valence-corrected chi connectivity index (χ1v) is 11.4. The van der Waals surface area contributed by atoms with Gasteiger partial charge in [-0.05, 0) is 54.4 Å². The zero-order valence-electron chi connectivity index (χ0n) is 17.5. The summed E-state index contributed by atoms with van der Waals surface area (Å²) in [6.45, 7) is 1.55. The van der Waals surface area contributed by atoms with E-state index >= 15 is 0 Å². The summed E-state index contributed by atoms with van der Waals surface area (Å²) in [6.07, 6.45) is 0.309. The van der Waals surface area contributed by atoms with E-state index in [0.29, 0.717) is 17.9 Å². The monoisotopic (exact) mass is 449 g/mol. The number of nitrogens with one attached hydrogen (secondary N) is 2. The summed E-state index contributed by atoms with van der Waals surface area (Å²) in [5.41, 5.74) is 2.33. The van der Waals surface area contributed by atoms with Gasteiger partial charge in [-0.3, -0.25) is 4.79 Å². The molecule has 1 amide bonds. The first-order chi connectivity index (χ1) is 15.4. The van der Waals surface area contributed by atoms with Gasteiger partial charge in [0, 0.05) is 11.7 Å². The summed E-state index contributed by atoms with van der Waals surface area (Å²) in [4.78, 5) is 12.2. The number of carbonyl (C=O) groups is 1. The summed E-state index contributed by atoms with van der Waals surface area (Å²) >= 11 is 0. The number of carbonyl (C=O) groups excluding carboxylic acids is 1. The third-order valence-corrected chi connectivity index (χ3v) is 6.21. The molecule has 3 rings (SSSR count). The van der Waals surface area contributed by atoms with Crippen molar-refractivity contribution in [2.45, 2.75) is 24.3 Å². The van der Waals surface area contributed by atoms with Crippen molar-refractivity contribution in [3.8, 4) is 11.8 Å². The minimum Gasteiger partial charge on any atom is -0.484 e. The van der Waals surface area contributed by atoms with E-state index in [4.69, 9.17) is 10.00 Å². The summed E-state index contributed by atoms with van der Waals surface area (Å²) in [7, 11) is -3.71. The third-order valence-electron chi connectivity index (χ3n) is 4.66. The average Bonchev–Trinajstić information content (AvgIpc) is 2.80. The second-order valence-electron chi connectivity index (χ2n) is 7.09. The quantitative estimate of drug-likeness (QED) is 0.516.